The molecule has 0 bridgehead atoms. The second kappa shape index (κ2) is 5.19. The molecular formula is C13H20O4. The lowest BCUT2D eigenvalue weighted by molar-refractivity contribution is -0.342. The quantitative estimate of drug-likeness (QED) is 0.561. The van der Waals surface area contributed by atoms with Crippen LogP contribution in [0.5, 0.6) is 0 Å². The Balaban J connectivity index is 2.08. The summed E-state index contributed by atoms with van der Waals surface area (Å²) in [4.78, 5) is 11.7. The van der Waals surface area contributed by atoms with Gasteiger partial charge in [0.2, 0.25) is 0 Å². The summed E-state index contributed by atoms with van der Waals surface area (Å²) in [6.07, 6.45) is 5.50. The van der Waals surface area contributed by atoms with E-state index in [0.717, 1.165) is 25.7 Å². The molecule has 2 fully saturated rings. The fourth-order valence-electron chi connectivity index (χ4n) is 2.46. The van der Waals surface area contributed by atoms with Crippen molar-refractivity contribution in [2.45, 2.75) is 45.0 Å². The van der Waals surface area contributed by atoms with Gasteiger partial charge in [0.05, 0.1) is 19.1 Å². The molecule has 0 aromatic heterocycles. The van der Waals surface area contributed by atoms with Crippen LogP contribution in [0.2, 0.25) is 0 Å². The molecule has 1 aliphatic heterocycles. The molecule has 2 aliphatic rings. The van der Waals surface area contributed by atoms with Crippen LogP contribution in [0.1, 0.15) is 39.0 Å². The standard InChI is InChI=1S/C13H20O4/c1-10(2)12(14)17-13(15-8-9-16-13)11-6-4-3-5-7-11/h11H,1,3-9H2,2H3. The lowest BCUT2D eigenvalue weighted by Crippen LogP contribution is -2.44. The van der Waals surface area contributed by atoms with E-state index in [-0.39, 0.29) is 5.92 Å². The van der Waals surface area contributed by atoms with Crippen molar-refractivity contribution in [1.29, 1.82) is 0 Å². The van der Waals surface area contributed by atoms with E-state index in [0.29, 0.717) is 18.8 Å². The van der Waals surface area contributed by atoms with Gasteiger partial charge in [0.25, 0.3) is 0 Å². The summed E-state index contributed by atoms with van der Waals surface area (Å²) in [6.45, 7) is 6.19. The Morgan fingerprint density at radius 2 is 1.82 bits per heavy atom. The first-order valence-corrected chi connectivity index (χ1v) is 6.31. The second-order valence-electron chi connectivity index (χ2n) is 4.81. The molecule has 0 radical (unpaired) electrons. The lowest BCUT2D eigenvalue weighted by atomic mass is 9.87. The van der Waals surface area contributed by atoms with Gasteiger partial charge in [0, 0.05) is 5.57 Å². The van der Waals surface area contributed by atoms with Crippen LogP contribution >= 0.6 is 0 Å². The van der Waals surface area contributed by atoms with E-state index >= 15 is 0 Å². The van der Waals surface area contributed by atoms with E-state index < -0.39 is 11.9 Å². The zero-order valence-corrected chi connectivity index (χ0v) is 10.4. The van der Waals surface area contributed by atoms with E-state index in [2.05, 4.69) is 6.58 Å². The summed E-state index contributed by atoms with van der Waals surface area (Å²) >= 11 is 0. The van der Waals surface area contributed by atoms with Crippen molar-refractivity contribution in [3.8, 4) is 0 Å². The highest BCUT2D eigenvalue weighted by atomic mass is 16.9. The SMILES string of the molecule is C=C(C)C(=O)OC1(C2CCCCC2)OCCO1. The van der Waals surface area contributed by atoms with Crippen molar-refractivity contribution in [1.82, 2.24) is 0 Å². The highest BCUT2D eigenvalue weighted by Crippen LogP contribution is 2.39. The third-order valence-electron chi connectivity index (χ3n) is 3.38. The maximum atomic E-state index is 11.7. The summed E-state index contributed by atoms with van der Waals surface area (Å²) in [6, 6.07) is 0. The minimum Gasteiger partial charge on any atom is -0.404 e. The number of hydrogen-bond acceptors (Lipinski definition) is 4. The lowest BCUT2D eigenvalue weighted by Gasteiger charge is -2.36. The van der Waals surface area contributed by atoms with Gasteiger partial charge in [-0.15, -0.1) is 0 Å². The Kier molecular flexibility index (Phi) is 3.84. The number of esters is 1. The molecule has 4 heteroatoms. The first-order valence-electron chi connectivity index (χ1n) is 6.31. The Bertz CT molecular complexity index is 299. The maximum Gasteiger partial charge on any atom is 0.337 e. The minimum atomic E-state index is -1.14. The normalized spacial score (nSPS) is 24.5. The highest BCUT2D eigenvalue weighted by Gasteiger charge is 2.48. The smallest absolute Gasteiger partial charge is 0.337 e. The second-order valence-corrected chi connectivity index (χ2v) is 4.81. The highest BCUT2D eigenvalue weighted by molar-refractivity contribution is 5.87. The fourth-order valence-corrected chi connectivity index (χ4v) is 2.46. The summed E-state index contributed by atoms with van der Waals surface area (Å²) in [7, 11) is 0. The largest absolute Gasteiger partial charge is 0.404 e. The fraction of sp³-hybridized carbons (Fsp3) is 0.769. The molecule has 0 amide bonds. The van der Waals surface area contributed by atoms with E-state index in [1.807, 2.05) is 0 Å². The van der Waals surface area contributed by atoms with Gasteiger partial charge in [-0.05, 0) is 19.8 Å². The molecule has 0 atom stereocenters. The molecule has 2 rings (SSSR count). The van der Waals surface area contributed by atoms with Crippen molar-refractivity contribution in [2.75, 3.05) is 13.2 Å². The van der Waals surface area contributed by atoms with Crippen molar-refractivity contribution < 1.29 is 19.0 Å². The van der Waals surface area contributed by atoms with Gasteiger partial charge in [0.1, 0.15) is 0 Å². The third-order valence-corrected chi connectivity index (χ3v) is 3.38. The molecular weight excluding hydrogens is 220 g/mol. The van der Waals surface area contributed by atoms with E-state index in [1.165, 1.54) is 6.42 Å². The van der Waals surface area contributed by atoms with Gasteiger partial charge in [0.15, 0.2) is 0 Å². The van der Waals surface area contributed by atoms with Gasteiger partial charge in [-0.3, -0.25) is 0 Å². The van der Waals surface area contributed by atoms with E-state index in [4.69, 9.17) is 14.2 Å². The molecule has 1 saturated carbocycles. The topological polar surface area (TPSA) is 44.8 Å². The number of ether oxygens (including phenoxy) is 3. The van der Waals surface area contributed by atoms with Gasteiger partial charge in [-0.25, -0.2) is 4.79 Å². The van der Waals surface area contributed by atoms with Crippen LogP contribution in [-0.4, -0.2) is 25.2 Å². The summed E-state index contributed by atoms with van der Waals surface area (Å²) < 4.78 is 16.6. The first kappa shape index (κ1) is 12.6. The van der Waals surface area contributed by atoms with Crippen LogP contribution in [0.4, 0.5) is 0 Å². The number of rotatable bonds is 3. The van der Waals surface area contributed by atoms with Crippen LogP contribution in [-0.2, 0) is 19.0 Å². The zero-order valence-electron chi connectivity index (χ0n) is 10.4. The predicted molar refractivity (Wildman–Crippen MR) is 62.1 cm³/mol. The molecule has 17 heavy (non-hydrogen) atoms. The molecule has 0 unspecified atom stereocenters. The van der Waals surface area contributed by atoms with Crippen LogP contribution < -0.4 is 0 Å². The molecule has 1 aliphatic carbocycles. The van der Waals surface area contributed by atoms with Crippen LogP contribution in [0.25, 0.3) is 0 Å². The number of carbonyl (C=O) groups excluding carboxylic acids is 1. The Morgan fingerprint density at radius 3 is 2.35 bits per heavy atom. The van der Waals surface area contributed by atoms with Gasteiger partial charge >= 0.3 is 11.9 Å². The van der Waals surface area contributed by atoms with Crippen molar-refractivity contribution in [2.24, 2.45) is 5.92 Å². The van der Waals surface area contributed by atoms with E-state index in [9.17, 15) is 4.79 Å². The molecule has 4 nitrogen and oxygen atoms in total. The van der Waals surface area contributed by atoms with Crippen LogP contribution in [0.15, 0.2) is 12.2 Å². The minimum absolute atomic E-state index is 0.155. The molecule has 0 N–H and O–H groups in total. The molecule has 0 aromatic rings. The summed E-state index contributed by atoms with van der Waals surface area (Å²) in [5.41, 5.74) is 0.374. The molecule has 96 valence electrons. The van der Waals surface area contributed by atoms with Crippen LogP contribution in [0.3, 0.4) is 0 Å². The first-order chi connectivity index (χ1) is 8.14. The molecule has 0 spiro atoms. The number of hydrogen-bond donors (Lipinski definition) is 0. The summed E-state index contributed by atoms with van der Waals surface area (Å²) in [5.74, 6) is -1.42. The third kappa shape index (κ3) is 2.69. The van der Waals surface area contributed by atoms with E-state index in [1.54, 1.807) is 6.92 Å². The number of carbonyl (C=O) groups is 1. The Morgan fingerprint density at radius 1 is 1.24 bits per heavy atom. The average molecular weight is 240 g/mol. The zero-order chi connectivity index (χ0) is 12.3. The Labute approximate surface area is 102 Å². The monoisotopic (exact) mass is 240 g/mol. The molecule has 1 heterocycles. The van der Waals surface area contributed by atoms with Gasteiger partial charge in [-0.1, -0.05) is 25.8 Å². The Hall–Kier alpha value is -0.870. The maximum absolute atomic E-state index is 11.7. The van der Waals surface area contributed by atoms with Crippen molar-refractivity contribution >= 4 is 5.97 Å². The molecule has 1 saturated heterocycles. The van der Waals surface area contributed by atoms with Gasteiger partial charge in [-0.2, -0.15) is 0 Å². The molecule has 0 aromatic carbocycles. The van der Waals surface area contributed by atoms with Gasteiger partial charge < -0.3 is 14.2 Å². The predicted octanol–water partition coefficient (Wildman–Crippen LogP) is 2.39. The van der Waals surface area contributed by atoms with Crippen LogP contribution in [0, 0.1) is 5.92 Å². The van der Waals surface area contributed by atoms with Crippen molar-refractivity contribution in [3.63, 3.8) is 0 Å². The average Bonchev–Trinajstić information content (AvgIpc) is 2.80. The van der Waals surface area contributed by atoms with Crippen molar-refractivity contribution in [3.05, 3.63) is 12.2 Å². The summed E-state index contributed by atoms with van der Waals surface area (Å²) in [5, 5.41) is 0.